The summed E-state index contributed by atoms with van der Waals surface area (Å²) < 4.78 is 0. The van der Waals surface area contributed by atoms with Crippen molar-refractivity contribution in [2.45, 2.75) is 13.3 Å². The van der Waals surface area contributed by atoms with Gasteiger partial charge in [0, 0.05) is 18.1 Å². The minimum atomic E-state index is 0.383. The van der Waals surface area contributed by atoms with Crippen LogP contribution in [-0.2, 0) is 6.42 Å². The van der Waals surface area contributed by atoms with Crippen molar-refractivity contribution >= 4 is 23.1 Å². The number of hydrogen-bond acceptors (Lipinski definition) is 3. The quantitative estimate of drug-likeness (QED) is 0.883. The number of benzene rings is 1. The molecule has 4 heteroatoms. The molecular weight excluding hydrogens is 222 g/mol. The summed E-state index contributed by atoms with van der Waals surface area (Å²) in [7, 11) is 0. The van der Waals surface area contributed by atoms with Gasteiger partial charge in [0.1, 0.15) is 0 Å². The van der Waals surface area contributed by atoms with E-state index in [2.05, 4.69) is 28.3 Å². The van der Waals surface area contributed by atoms with Crippen molar-refractivity contribution in [3.63, 3.8) is 0 Å². The lowest BCUT2D eigenvalue weighted by Crippen LogP contribution is -1.98. The molecule has 3 nitrogen and oxygen atoms in total. The Balaban J connectivity index is 2.30. The number of nitrogens with zero attached hydrogens (tertiary/aromatic N) is 2. The molecule has 0 fully saturated rings. The molecular formula is C12H12ClN3. The van der Waals surface area contributed by atoms with E-state index in [-0.39, 0.29) is 0 Å². The normalized spacial score (nSPS) is 10.1. The smallest absolute Gasteiger partial charge is 0.171 e. The lowest BCUT2D eigenvalue weighted by atomic mass is 10.1. The molecule has 2 aromatic rings. The van der Waals surface area contributed by atoms with Crippen LogP contribution in [0.2, 0.25) is 5.15 Å². The second-order valence-corrected chi connectivity index (χ2v) is 3.69. The van der Waals surface area contributed by atoms with Gasteiger partial charge in [0.05, 0.1) is 0 Å². The number of halogens is 1. The van der Waals surface area contributed by atoms with E-state index in [1.807, 2.05) is 18.2 Å². The van der Waals surface area contributed by atoms with Gasteiger partial charge in [0.2, 0.25) is 0 Å². The molecule has 1 aromatic carbocycles. The van der Waals surface area contributed by atoms with E-state index in [0.717, 1.165) is 12.1 Å². The predicted molar refractivity (Wildman–Crippen MR) is 66.1 cm³/mol. The van der Waals surface area contributed by atoms with Gasteiger partial charge >= 0.3 is 0 Å². The maximum atomic E-state index is 5.93. The van der Waals surface area contributed by atoms with Gasteiger partial charge in [0.25, 0.3) is 0 Å². The first kappa shape index (κ1) is 10.9. The van der Waals surface area contributed by atoms with Gasteiger partial charge in [-0.1, -0.05) is 36.7 Å². The third-order valence-electron chi connectivity index (χ3n) is 2.30. The van der Waals surface area contributed by atoms with E-state index in [1.165, 1.54) is 5.56 Å². The zero-order chi connectivity index (χ0) is 11.4. The molecule has 0 aliphatic carbocycles. The number of aromatic nitrogens is 2. The Morgan fingerprint density at radius 3 is 2.69 bits per heavy atom. The maximum Gasteiger partial charge on any atom is 0.171 e. The molecule has 1 aromatic heterocycles. The molecule has 0 aliphatic rings. The molecule has 1 N–H and O–H groups in total. The van der Waals surface area contributed by atoms with Crippen molar-refractivity contribution in [2.24, 2.45) is 0 Å². The number of nitrogens with one attached hydrogen (secondary N) is 1. The van der Waals surface area contributed by atoms with Crippen LogP contribution < -0.4 is 5.32 Å². The van der Waals surface area contributed by atoms with Crippen LogP contribution in [-0.4, -0.2) is 9.97 Å². The Kier molecular flexibility index (Phi) is 3.37. The van der Waals surface area contributed by atoms with E-state index < -0.39 is 0 Å². The zero-order valence-corrected chi connectivity index (χ0v) is 9.70. The third-order valence-corrected chi connectivity index (χ3v) is 2.58. The lowest BCUT2D eigenvalue weighted by molar-refractivity contribution is 1.13. The molecule has 0 aliphatic heterocycles. The van der Waals surface area contributed by atoms with E-state index in [4.69, 9.17) is 11.6 Å². The van der Waals surface area contributed by atoms with Crippen molar-refractivity contribution in [1.29, 1.82) is 0 Å². The summed E-state index contributed by atoms with van der Waals surface area (Å²) in [6.45, 7) is 2.11. The Morgan fingerprint density at radius 1 is 1.19 bits per heavy atom. The van der Waals surface area contributed by atoms with E-state index >= 15 is 0 Å². The van der Waals surface area contributed by atoms with Crippen LogP contribution in [0, 0.1) is 0 Å². The lowest BCUT2D eigenvalue weighted by Gasteiger charge is -2.10. The standard InChI is InChI=1S/C12H12ClN3/c1-2-9-5-3-4-6-10(9)16-12-11(13)14-7-8-15-12/h3-8H,2H2,1H3,(H,15,16). The van der Waals surface area contributed by atoms with Crippen LogP contribution in [0.15, 0.2) is 36.7 Å². The fraction of sp³-hybridized carbons (Fsp3) is 0.167. The molecule has 0 bridgehead atoms. The first-order valence-electron chi connectivity index (χ1n) is 5.12. The Labute approximate surface area is 99.5 Å². The fourth-order valence-corrected chi connectivity index (χ4v) is 1.64. The van der Waals surface area contributed by atoms with E-state index in [1.54, 1.807) is 12.4 Å². The number of anilines is 2. The van der Waals surface area contributed by atoms with Crippen molar-refractivity contribution in [2.75, 3.05) is 5.32 Å². The second kappa shape index (κ2) is 4.94. The monoisotopic (exact) mass is 233 g/mol. The molecule has 16 heavy (non-hydrogen) atoms. The van der Waals surface area contributed by atoms with Gasteiger partial charge in [-0.25, -0.2) is 9.97 Å². The van der Waals surface area contributed by atoms with E-state index in [9.17, 15) is 0 Å². The maximum absolute atomic E-state index is 5.93. The number of aryl methyl sites for hydroxylation is 1. The van der Waals surface area contributed by atoms with Crippen LogP contribution in [0.5, 0.6) is 0 Å². The summed E-state index contributed by atoms with van der Waals surface area (Å²) in [6, 6.07) is 8.07. The predicted octanol–water partition coefficient (Wildman–Crippen LogP) is 3.44. The highest BCUT2D eigenvalue weighted by molar-refractivity contribution is 6.31. The average Bonchev–Trinajstić information content (AvgIpc) is 2.33. The number of hydrogen-bond donors (Lipinski definition) is 1. The second-order valence-electron chi connectivity index (χ2n) is 3.33. The average molecular weight is 234 g/mol. The Bertz CT molecular complexity index is 485. The van der Waals surface area contributed by atoms with Crippen molar-refractivity contribution in [1.82, 2.24) is 9.97 Å². The summed E-state index contributed by atoms with van der Waals surface area (Å²) in [5, 5.41) is 3.57. The minimum absolute atomic E-state index is 0.383. The molecule has 82 valence electrons. The highest BCUT2D eigenvalue weighted by Crippen LogP contribution is 2.23. The SMILES string of the molecule is CCc1ccccc1Nc1nccnc1Cl. The summed E-state index contributed by atoms with van der Waals surface area (Å²) in [6.07, 6.45) is 4.14. The van der Waals surface area contributed by atoms with Crippen LogP contribution >= 0.6 is 11.6 Å². The zero-order valence-electron chi connectivity index (χ0n) is 8.94. The minimum Gasteiger partial charge on any atom is -0.337 e. The fourth-order valence-electron chi connectivity index (χ4n) is 1.48. The summed E-state index contributed by atoms with van der Waals surface area (Å²) in [5.41, 5.74) is 2.25. The van der Waals surface area contributed by atoms with Gasteiger partial charge in [-0.05, 0) is 18.1 Å². The third kappa shape index (κ3) is 2.31. The first-order valence-corrected chi connectivity index (χ1v) is 5.50. The topological polar surface area (TPSA) is 37.8 Å². The van der Waals surface area contributed by atoms with E-state index in [0.29, 0.717) is 11.0 Å². The number of para-hydroxylation sites is 1. The van der Waals surface area contributed by atoms with Crippen LogP contribution in [0.1, 0.15) is 12.5 Å². The van der Waals surface area contributed by atoms with Gasteiger partial charge in [-0.2, -0.15) is 0 Å². The first-order chi connectivity index (χ1) is 7.81. The Morgan fingerprint density at radius 2 is 1.94 bits per heavy atom. The highest BCUT2D eigenvalue weighted by Gasteiger charge is 2.04. The van der Waals surface area contributed by atoms with Gasteiger partial charge in [-0.3, -0.25) is 0 Å². The van der Waals surface area contributed by atoms with Crippen LogP contribution in [0.4, 0.5) is 11.5 Å². The highest BCUT2D eigenvalue weighted by atomic mass is 35.5. The van der Waals surface area contributed by atoms with Crippen LogP contribution in [0.25, 0.3) is 0 Å². The van der Waals surface area contributed by atoms with Gasteiger partial charge in [-0.15, -0.1) is 0 Å². The molecule has 0 amide bonds. The van der Waals surface area contributed by atoms with Crippen LogP contribution in [0.3, 0.4) is 0 Å². The molecule has 1 heterocycles. The molecule has 0 radical (unpaired) electrons. The molecule has 2 rings (SSSR count). The molecule has 0 saturated carbocycles. The summed E-state index contributed by atoms with van der Waals surface area (Å²) >= 11 is 5.93. The van der Waals surface area contributed by atoms with Gasteiger partial charge in [0.15, 0.2) is 11.0 Å². The van der Waals surface area contributed by atoms with Crippen molar-refractivity contribution < 1.29 is 0 Å². The number of rotatable bonds is 3. The molecule has 0 unspecified atom stereocenters. The Hall–Kier alpha value is -1.61. The van der Waals surface area contributed by atoms with Crippen molar-refractivity contribution in [3.05, 3.63) is 47.4 Å². The molecule has 0 spiro atoms. The summed E-state index contributed by atoms with van der Waals surface area (Å²) in [4.78, 5) is 8.11. The van der Waals surface area contributed by atoms with Gasteiger partial charge < -0.3 is 5.32 Å². The molecule has 0 saturated heterocycles. The van der Waals surface area contributed by atoms with Crippen molar-refractivity contribution in [3.8, 4) is 0 Å². The summed E-state index contributed by atoms with van der Waals surface area (Å²) in [5.74, 6) is 0.588. The molecule has 0 atom stereocenters. The largest absolute Gasteiger partial charge is 0.337 e.